The molecular formula is C11H21NO3S. The van der Waals surface area contributed by atoms with Gasteiger partial charge in [0.2, 0.25) is 0 Å². The molecule has 0 spiro atoms. The summed E-state index contributed by atoms with van der Waals surface area (Å²) in [7, 11) is -2.95. The molecule has 0 heterocycles. The third-order valence-electron chi connectivity index (χ3n) is 3.35. The van der Waals surface area contributed by atoms with Crippen LogP contribution in [0.3, 0.4) is 0 Å². The maximum Gasteiger partial charge on any atom is 0.152 e. The van der Waals surface area contributed by atoms with Crippen molar-refractivity contribution < 1.29 is 13.2 Å². The molecule has 0 aliphatic heterocycles. The molecule has 0 aromatic carbocycles. The first-order chi connectivity index (χ1) is 7.40. The van der Waals surface area contributed by atoms with Crippen molar-refractivity contribution in [2.45, 2.75) is 51.0 Å². The molecule has 1 aliphatic rings. The van der Waals surface area contributed by atoms with E-state index in [1.54, 1.807) is 6.92 Å². The number of nitrogens with two attached hydrogens (primary N) is 1. The van der Waals surface area contributed by atoms with E-state index in [4.69, 9.17) is 5.73 Å². The van der Waals surface area contributed by atoms with Gasteiger partial charge in [0, 0.05) is 12.2 Å². The van der Waals surface area contributed by atoms with Crippen molar-refractivity contribution in [2.24, 2.45) is 5.73 Å². The molecule has 0 amide bonds. The molecular weight excluding hydrogens is 226 g/mol. The smallest absolute Gasteiger partial charge is 0.152 e. The van der Waals surface area contributed by atoms with Crippen LogP contribution in [0.25, 0.3) is 0 Å². The average Bonchev–Trinajstić information content (AvgIpc) is 2.66. The lowest BCUT2D eigenvalue weighted by molar-refractivity contribution is -0.124. The highest BCUT2D eigenvalue weighted by atomic mass is 32.2. The second kappa shape index (κ2) is 5.27. The van der Waals surface area contributed by atoms with E-state index in [1.807, 2.05) is 0 Å². The quantitative estimate of drug-likeness (QED) is 0.761. The highest BCUT2D eigenvalue weighted by Gasteiger charge is 2.35. The van der Waals surface area contributed by atoms with E-state index in [-0.39, 0.29) is 17.3 Å². The lowest BCUT2D eigenvalue weighted by atomic mass is 9.91. The zero-order chi connectivity index (χ0) is 12.2. The number of sulfone groups is 1. The van der Waals surface area contributed by atoms with E-state index in [1.165, 1.54) is 0 Å². The Bertz CT molecular complexity index is 342. The molecule has 4 nitrogen and oxygen atoms in total. The number of hydrogen-bond donors (Lipinski definition) is 1. The van der Waals surface area contributed by atoms with E-state index in [0.29, 0.717) is 12.8 Å². The zero-order valence-electron chi connectivity index (χ0n) is 9.87. The molecule has 0 saturated heterocycles. The van der Waals surface area contributed by atoms with Crippen LogP contribution in [0.5, 0.6) is 0 Å². The summed E-state index contributed by atoms with van der Waals surface area (Å²) >= 11 is 0. The molecule has 0 aromatic heterocycles. The fourth-order valence-corrected chi connectivity index (χ4v) is 3.00. The molecule has 94 valence electrons. The first-order valence-electron chi connectivity index (χ1n) is 5.92. The van der Waals surface area contributed by atoms with Crippen LogP contribution < -0.4 is 5.73 Å². The Labute approximate surface area is 97.5 Å². The van der Waals surface area contributed by atoms with Crippen LogP contribution in [0.2, 0.25) is 0 Å². The van der Waals surface area contributed by atoms with Gasteiger partial charge in [0.1, 0.15) is 9.84 Å². The van der Waals surface area contributed by atoms with Gasteiger partial charge >= 0.3 is 0 Å². The van der Waals surface area contributed by atoms with Crippen molar-refractivity contribution in [1.82, 2.24) is 0 Å². The van der Waals surface area contributed by atoms with Crippen LogP contribution in [0.15, 0.2) is 0 Å². The molecule has 0 atom stereocenters. The second-order valence-electron chi connectivity index (χ2n) is 4.63. The summed E-state index contributed by atoms with van der Waals surface area (Å²) in [5.41, 5.74) is 5.33. The van der Waals surface area contributed by atoms with Crippen LogP contribution in [0.4, 0.5) is 0 Å². The van der Waals surface area contributed by atoms with Crippen molar-refractivity contribution in [2.75, 3.05) is 11.5 Å². The van der Waals surface area contributed by atoms with E-state index in [0.717, 1.165) is 25.7 Å². The van der Waals surface area contributed by atoms with Gasteiger partial charge in [-0.2, -0.15) is 0 Å². The zero-order valence-corrected chi connectivity index (χ0v) is 10.7. The standard InChI is InChI=1S/C11H21NO3S/c1-2-16(14,15)9-5-6-10(13)11(12)7-3-4-8-11/h2-9,12H2,1H3. The molecule has 1 aliphatic carbocycles. The highest BCUT2D eigenvalue weighted by molar-refractivity contribution is 7.91. The Morgan fingerprint density at radius 1 is 1.31 bits per heavy atom. The Morgan fingerprint density at radius 2 is 1.88 bits per heavy atom. The van der Waals surface area contributed by atoms with Gasteiger partial charge in [0.15, 0.2) is 5.78 Å². The molecule has 1 rings (SSSR count). The number of hydrogen-bond acceptors (Lipinski definition) is 4. The van der Waals surface area contributed by atoms with Gasteiger partial charge in [-0.1, -0.05) is 19.8 Å². The Hall–Kier alpha value is -0.420. The average molecular weight is 247 g/mol. The second-order valence-corrected chi connectivity index (χ2v) is 7.10. The van der Waals surface area contributed by atoms with Crippen LogP contribution in [-0.4, -0.2) is 31.2 Å². The normalized spacial score (nSPS) is 19.9. The highest BCUT2D eigenvalue weighted by Crippen LogP contribution is 2.29. The van der Waals surface area contributed by atoms with E-state index in [9.17, 15) is 13.2 Å². The van der Waals surface area contributed by atoms with Crippen molar-refractivity contribution in [3.05, 3.63) is 0 Å². The predicted octanol–water partition coefficient (Wildman–Crippen LogP) is 1.04. The maximum atomic E-state index is 11.8. The molecule has 16 heavy (non-hydrogen) atoms. The van der Waals surface area contributed by atoms with Crippen LogP contribution >= 0.6 is 0 Å². The Balaban J connectivity index is 2.36. The van der Waals surface area contributed by atoms with Gasteiger partial charge in [-0.05, 0) is 19.3 Å². The molecule has 0 radical (unpaired) electrons. The summed E-state index contributed by atoms with van der Waals surface area (Å²) in [6, 6.07) is 0. The molecule has 5 heteroatoms. The van der Waals surface area contributed by atoms with Gasteiger partial charge < -0.3 is 5.73 Å². The van der Waals surface area contributed by atoms with Crippen molar-refractivity contribution >= 4 is 15.6 Å². The van der Waals surface area contributed by atoms with Crippen molar-refractivity contribution in [3.8, 4) is 0 Å². The van der Waals surface area contributed by atoms with Crippen LogP contribution in [0.1, 0.15) is 45.4 Å². The topological polar surface area (TPSA) is 77.2 Å². The van der Waals surface area contributed by atoms with E-state index in [2.05, 4.69) is 0 Å². The summed E-state index contributed by atoms with van der Waals surface area (Å²) in [5, 5.41) is 0. The minimum atomic E-state index is -2.95. The van der Waals surface area contributed by atoms with Gasteiger partial charge in [-0.15, -0.1) is 0 Å². The monoisotopic (exact) mass is 247 g/mol. The number of carbonyl (C=O) groups excluding carboxylic acids is 1. The minimum Gasteiger partial charge on any atom is -0.319 e. The fourth-order valence-electron chi connectivity index (χ4n) is 2.13. The largest absolute Gasteiger partial charge is 0.319 e. The van der Waals surface area contributed by atoms with Crippen LogP contribution in [-0.2, 0) is 14.6 Å². The Morgan fingerprint density at radius 3 is 2.38 bits per heavy atom. The molecule has 1 fully saturated rings. The van der Waals surface area contributed by atoms with Gasteiger partial charge in [0.25, 0.3) is 0 Å². The summed E-state index contributed by atoms with van der Waals surface area (Å²) in [4.78, 5) is 11.8. The van der Waals surface area contributed by atoms with Crippen LogP contribution in [0, 0.1) is 0 Å². The summed E-state index contributed by atoms with van der Waals surface area (Å²) in [5.74, 6) is 0.289. The summed E-state index contributed by atoms with van der Waals surface area (Å²) in [6.45, 7) is 1.62. The third kappa shape index (κ3) is 3.56. The summed E-state index contributed by atoms with van der Waals surface area (Å²) in [6.07, 6.45) is 4.24. The SMILES string of the molecule is CCS(=O)(=O)CCCC(=O)C1(N)CCCC1. The number of ketones is 1. The van der Waals surface area contributed by atoms with Gasteiger partial charge in [0.05, 0.1) is 11.3 Å². The lowest BCUT2D eigenvalue weighted by Crippen LogP contribution is -2.45. The van der Waals surface area contributed by atoms with E-state index < -0.39 is 15.4 Å². The third-order valence-corrected chi connectivity index (χ3v) is 5.14. The van der Waals surface area contributed by atoms with Gasteiger partial charge in [-0.25, -0.2) is 8.42 Å². The molecule has 0 aromatic rings. The Kier molecular flexibility index (Phi) is 4.50. The number of carbonyl (C=O) groups is 1. The number of rotatable bonds is 6. The molecule has 1 saturated carbocycles. The maximum absolute atomic E-state index is 11.8. The lowest BCUT2D eigenvalue weighted by Gasteiger charge is -2.21. The number of Topliss-reactive ketones (excluding diaryl/α,β-unsaturated/α-hetero) is 1. The van der Waals surface area contributed by atoms with Gasteiger partial charge in [-0.3, -0.25) is 4.79 Å². The van der Waals surface area contributed by atoms with Crippen molar-refractivity contribution in [1.29, 1.82) is 0 Å². The van der Waals surface area contributed by atoms with E-state index >= 15 is 0 Å². The summed E-state index contributed by atoms with van der Waals surface area (Å²) < 4.78 is 22.5. The molecule has 2 N–H and O–H groups in total. The van der Waals surface area contributed by atoms with Crippen molar-refractivity contribution in [3.63, 3.8) is 0 Å². The first-order valence-corrected chi connectivity index (χ1v) is 7.74. The predicted molar refractivity (Wildman–Crippen MR) is 64.0 cm³/mol. The fraction of sp³-hybridized carbons (Fsp3) is 0.909. The minimum absolute atomic E-state index is 0.0382. The molecule has 0 unspecified atom stereocenters. The molecule has 0 bridgehead atoms. The first kappa shape index (κ1) is 13.6.